The summed E-state index contributed by atoms with van der Waals surface area (Å²) in [5.74, 6) is -0.185. The zero-order valence-electron chi connectivity index (χ0n) is 12.5. The molecule has 2 aromatic rings. The molecule has 2 rings (SSSR count). The second kappa shape index (κ2) is 7.75. The van der Waals surface area contributed by atoms with Crippen LogP contribution in [0.5, 0.6) is 0 Å². The Balaban J connectivity index is 1.94. The van der Waals surface area contributed by atoms with Gasteiger partial charge < -0.3 is 5.32 Å². The lowest BCUT2D eigenvalue weighted by molar-refractivity contribution is -0.121. The molecular weight excluding hydrogens is 342 g/mol. The van der Waals surface area contributed by atoms with Crippen LogP contribution < -0.4 is 10.7 Å². The molecule has 0 unspecified atom stereocenters. The molecule has 0 aliphatic rings. The van der Waals surface area contributed by atoms with E-state index in [1.54, 1.807) is 6.92 Å². The van der Waals surface area contributed by atoms with Crippen molar-refractivity contribution in [3.63, 3.8) is 0 Å². The molecule has 2 aromatic carbocycles. The Morgan fingerprint density at radius 1 is 1.14 bits per heavy atom. The minimum atomic E-state index is -0.387. The van der Waals surface area contributed by atoms with Gasteiger partial charge >= 0.3 is 0 Å². The molecular formula is C17H18BrN3O. The maximum atomic E-state index is 12.1. The van der Waals surface area contributed by atoms with Crippen LogP contribution in [0.1, 0.15) is 19.4 Å². The number of hydrogen-bond acceptors (Lipinski definition) is 3. The van der Waals surface area contributed by atoms with E-state index in [4.69, 9.17) is 0 Å². The van der Waals surface area contributed by atoms with E-state index in [9.17, 15) is 4.79 Å². The normalized spacial score (nSPS) is 12.6. The molecule has 0 aromatic heterocycles. The Labute approximate surface area is 138 Å². The van der Waals surface area contributed by atoms with Crippen LogP contribution in [0, 0.1) is 0 Å². The number of rotatable bonds is 5. The molecule has 1 atom stereocenters. The number of benzene rings is 2. The molecule has 0 aliphatic carbocycles. The topological polar surface area (TPSA) is 53.5 Å². The SMILES string of the molecule is CC(=NNC(=O)[C@@H](C)Nc1cccc(Br)c1)c1ccccc1. The molecule has 114 valence electrons. The van der Waals surface area contributed by atoms with Crippen LogP contribution in [-0.4, -0.2) is 17.7 Å². The van der Waals surface area contributed by atoms with Gasteiger partial charge in [0, 0.05) is 10.2 Å². The molecule has 0 radical (unpaired) electrons. The average molecular weight is 360 g/mol. The Morgan fingerprint density at radius 3 is 2.55 bits per heavy atom. The molecule has 22 heavy (non-hydrogen) atoms. The lowest BCUT2D eigenvalue weighted by Crippen LogP contribution is -2.35. The highest BCUT2D eigenvalue weighted by Crippen LogP contribution is 2.16. The summed E-state index contributed by atoms with van der Waals surface area (Å²) in [6.45, 7) is 3.66. The number of hydrogen-bond donors (Lipinski definition) is 2. The molecule has 2 N–H and O–H groups in total. The summed E-state index contributed by atoms with van der Waals surface area (Å²) in [5, 5.41) is 7.28. The maximum Gasteiger partial charge on any atom is 0.262 e. The van der Waals surface area contributed by atoms with Crippen LogP contribution in [0.2, 0.25) is 0 Å². The van der Waals surface area contributed by atoms with Gasteiger partial charge in [-0.15, -0.1) is 0 Å². The van der Waals surface area contributed by atoms with Crippen molar-refractivity contribution in [1.82, 2.24) is 5.43 Å². The van der Waals surface area contributed by atoms with Gasteiger partial charge in [0.15, 0.2) is 0 Å². The number of carbonyl (C=O) groups is 1. The van der Waals surface area contributed by atoms with E-state index in [0.717, 1.165) is 21.4 Å². The Hall–Kier alpha value is -2.14. The number of amides is 1. The monoisotopic (exact) mass is 359 g/mol. The molecule has 5 heteroatoms. The summed E-state index contributed by atoms with van der Waals surface area (Å²) in [4.78, 5) is 12.1. The maximum absolute atomic E-state index is 12.1. The molecule has 4 nitrogen and oxygen atoms in total. The number of carbonyl (C=O) groups excluding carboxylic acids is 1. The fourth-order valence-corrected chi connectivity index (χ4v) is 2.27. The Bertz CT molecular complexity index is 671. The van der Waals surface area contributed by atoms with Crippen LogP contribution >= 0.6 is 15.9 Å². The van der Waals surface area contributed by atoms with Gasteiger partial charge in [-0.3, -0.25) is 4.79 Å². The number of hydrazone groups is 1. The van der Waals surface area contributed by atoms with E-state index in [1.807, 2.05) is 61.5 Å². The predicted molar refractivity (Wildman–Crippen MR) is 94.0 cm³/mol. The quantitative estimate of drug-likeness (QED) is 0.630. The largest absolute Gasteiger partial charge is 0.374 e. The van der Waals surface area contributed by atoms with Crippen LogP contribution in [0.3, 0.4) is 0 Å². The van der Waals surface area contributed by atoms with Crippen LogP contribution in [0.15, 0.2) is 64.2 Å². The average Bonchev–Trinajstić information content (AvgIpc) is 2.53. The molecule has 0 bridgehead atoms. The highest BCUT2D eigenvalue weighted by atomic mass is 79.9. The van der Waals surface area contributed by atoms with Crippen LogP contribution in [0.4, 0.5) is 5.69 Å². The molecule has 0 saturated carbocycles. The van der Waals surface area contributed by atoms with Gasteiger partial charge in [-0.05, 0) is 37.6 Å². The van der Waals surface area contributed by atoms with Crippen molar-refractivity contribution in [1.29, 1.82) is 0 Å². The summed E-state index contributed by atoms with van der Waals surface area (Å²) >= 11 is 3.40. The molecule has 0 spiro atoms. The van der Waals surface area contributed by atoms with E-state index >= 15 is 0 Å². The smallest absolute Gasteiger partial charge is 0.262 e. The summed E-state index contributed by atoms with van der Waals surface area (Å²) in [6.07, 6.45) is 0. The van der Waals surface area contributed by atoms with Crippen LogP contribution in [0.25, 0.3) is 0 Å². The van der Waals surface area contributed by atoms with Gasteiger partial charge in [-0.2, -0.15) is 5.10 Å². The van der Waals surface area contributed by atoms with Gasteiger partial charge in [0.1, 0.15) is 6.04 Å². The number of anilines is 1. The second-order valence-corrected chi connectivity index (χ2v) is 5.83. The van der Waals surface area contributed by atoms with Crippen LogP contribution in [-0.2, 0) is 4.79 Å². The first-order valence-corrected chi connectivity index (χ1v) is 7.77. The molecule has 0 aliphatic heterocycles. The summed E-state index contributed by atoms with van der Waals surface area (Å²) < 4.78 is 0.961. The van der Waals surface area contributed by atoms with Gasteiger partial charge in [0.25, 0.3) is 5.91 Å². The first-order chi connectivity index (χ1) is 10.6. The van der Waals surface area contributed by atoms with E-state index in [2.05, 4.69) is 31.8 Å². The second-order valence-electron chi connectivity index (χ2n) is 4.92. The Morgan fingerprint density at radius 2 is 1.86 bits per heavy atom. The third-order valence-corrected chi connectivity index (χ3v) is 3.62. The van der Waals surface area contributed by atoms with E-state index < -0.39 is 0 Å². The third-order valence-electron chi connectivity index (χ3n) is 3.13. The number of nitrogens with zero attached hydrogens (tertiary/aromatic N) is 1. The van der Waals surface area contributed by atoms with E-state index in [0.29, 0.717) is 0 Å². The van der Waals surface area contributed by atoms with E-state index in [-0.39, 0.29) is 11.9 Å². The van der Waals surface area contributed by atoms with E-state index in [1.165, 1.54) is 0 Å². The first kappa shape index (κ1) is 16.2. The lowest BCUT2D eigenvalue weighted by atomic mass is 10.1. The van der Waals surface area contributed by atoms with Crippen molar-refractivity contribution in [2.24, 2.45) is 5.10 Å². The summed E-state index contributed by atoms with van der Waals surface area (Å²) in [6, 6.07) is 17.0. The van der Waals surface area contributed by atoms with Crippen molar-refractivity contribution < 1.29 is 4.79 Å². The van der Waals surface area contributed by atoms with Crippen molar-refractivity contribution in [2.45, 2.75) is 19.9 Å². The standard InChI is InChI=1S/C17H18BrN3O/c1-12(14-7-4-3-5-8-14)20-21-17(22)13(2)19-16-10-6-9-15(18)11-16/h3-11,13,19H,1-2H3,(H,21,22)/t13-/m1/s1. The van der Waals surface area contributed by atoms with Gasteiger partial charge in [-0.1, -0.05) is 52.3 Å². The fourth-order valence-electron chi connectivity index (χ4n) is 1.87. The minimum absolute atomic E-state index is 0.185. The third kappa shape index (κ3) is 4.70. The zero-order valence-corrected chi connectivity index (χ0v) is 14.1. The summed E-state index contributed by atoms with van der Waals surface area (Å²) in [7, 11) is 0. The first-order valence-electron chi connectivity index (χ1n) is 6.98. The van der Waals surface area contributed by atoms with Crippen molar-refractivity contribution in [3.8, 4) is 0 Å². The number of halogens is 1. The minimum Gasteiger partial charge on any atom is -0.374 e. The highest BCUT2D eigenvalue weighted by Gasteiger charge is 2.12. The molecule has 0 fully saturated rings. The van der Waals surface area contributed by atoms with Crippen molar-refractivity contribution in [3.05, 3.63) is 64.6 Å². The van der Waals surface area contributed by atoms with Gasteiger partial charge in [0.05, 0.1) is 5.71 Å². The van der Waals surface area contributed by atoms with Crippen molar-refractivity contribution in [2.75, 3.05) is 5.32 Å². The fraction of sp³-hybridized carbons (Fsp3) is 0.176. The van der Waals surface area contributed by atoms with Gasteiger partial charge in [0.2, 0.25) is 0 Å². The molecule has 0 heterocycles. The number of nitrogens with one attached hydrogen (secondary N) is 2. The van der Waals surface area contributed by atoms with Crippen molar-refractivity contribution >= 4 is 33.2 Å². The highest BCUT2D eigenvalue weighted by molar-refractivity contribution is 9.10. The zero-order chi connectivity index (χ0) is 15.9. The Kier molecular flexibility index (Phi) is 5.72. The van der Waals surface area contributed by atoms with Gasteiger partial charge in [-0.25, -0.2) is 5.43 Å². The summed E-state index contributed by atoms with van der Waals surface area (Å²) in [5.41, 5.74) is 5.22. The predicted octanol–water partition coefficient (Wildman–Crippen LogP) is 3.79. The lowest BCUT2D eigenvalue weighted by Gasteiger charge is -2.14. The molecule has 1 amide bonds. The molecule has 0 saturated heterocycles.